The Morgan fingerprint density at radius 2 is 1.81 bits per heavy atom. The zero-order valence-corrected chi connectivity index (χ0v) is 17.7. The van der Waals surface area contributed by atoms with Gasteiger partial charge in [-0.2, -0.15) is 0 Å². The van der Waals surface area contributed by atoms with E-state index in [0.29, 0.717) is 11.3 Å². The fourth-order valence-electron chi connectivity index (χ4n) is 3.57. The largest absolute Gasteiger partial charge is 0.497 e. The lowest BCUT2D eigenvalue weighted by atomic mass is 9.93. The molecule has 1 saturated heterocycles. The molecule has 2 N–H and O–H groups in total. The van der Waals surface area contributed by atoms with Gasteiger partial charge < -0.3 is 24.5 Å². The number of nitrogens with zero attached hydrogens (tertiary/aromatic N) is 2. The van der Waals surface area contributed by atoms with Crippen LogP contribution in [0.1, 0.15) is 25.3 Å². The first-order valence-corrected chi connectivity index (χ1v) is 10.0. The number of carbonyl (C=O) groups is 1. The second kappa shape index (κ2) is 8.81. The van der Waals surface area contributed by atoms with Gasteiger partial charge in [-0.25, -0.2) is 8.78 Å². The topological polar surface area (TPSA) is 98.5 Å². The Labute approximate surface area is 182 Å². The number of benzene rings is 2. The second-order valence-electron chi connectivity index (χ2n) is 7.58. The third kappa shape index (κ3) is 4.34. The molecule has 10 heteroatoms. The van der Waals surface area contributed by atoms with Crippen molar-refractivity contribution < 1.29 is 27.5 Å². The van der Waals surface area contributed by atoms with E-state index in [0.717, 1.165) is 12.1 Å². The molecule has 1 aliphatic heterocycles. The van der Waals surface area contributed by atoms with Crippen LogP contribution in [0.5, 0.6) is 11.5 Å². The Morgan fingerprint density at radius 1 is 1.12 bits per heavy atom. The minimum absolute atomic E-state index is 0.0381. The fraction of sp³-hybridized carbons (Fsp3) is 0.318. The quantitative estimate of drug-likeness (QED) is 0.576. The van der Waals surface area contributed by atoms with Gasteiger partial charge in [-0.05, 0) is 38.1 Å². The summed E-state index contributed by atoms with van der Waals surface area (Å²) in [5, 5.41) is 13.3. The molecule has 168 valence electrons. The summed E-state index contributed by atoms with van der Waals surface area (Å²) < 4.78 is 45.3. The van der Waals surface area contributed by atoms with Crippen molar-refractivity contribution in [1.82, 2.24) is 15.5 Å². The molecule has 0 saturated carbocycles. The average Bonchev–Trinajstić information content (AvgIpc) is 3.36. The lowest BCUT2D eigenvalue weighted by Crippen LogP contribution is -2.33. The first-order valence-electron chi connectivity index (χ1n) is 10.0. The summed E-state index contributed by atoms with van der Waals surface area (Å²) in [5.74, 6) is -1.88. The van der Waals surface area contributed by atoms with Gasteiger partial charge in [0.15, 0.2) is 0 Å². The third-order valence-electron chi connectivity index (χ3n) is 5.02. The van der Waals surface area contributed by atoms with Crippen LogP contribution in [0.15, 0.2) is 40.8 Å². The number of anilines is 1. The Morgan fingerprint density at radius 3 is 2.44 bits per heavy atom. The summed E-state index contributed by atoms with van der Waals surface area (Å²) in [4.78, 5) is 12.4. The molecule has 0 unspecified atom stereocenters. The Balaban J connectivity index is 1.54. The Kier molecular flexibility index (Phi) is 5.93. The molecule has 1 fully saturated rings. The summed E-state index contributed by atoms with van der Waals surface area (Å²) in [6, 6.07) is 8.21. The Bertz CT molecular complexity index is 1090. The van der Waals surface area contributed by atoms with Gasteiger partial charge in [-0.1, -0.05) is 5.10 Å². The van der Waals surface area contributed by atoms with Crippen LogP contribution in [-0.4, -0.2) is 41.9 Å². The van der Waals surface area contributed by atoms with E-state index in [2.05, 4.69) is 20.8 Å². The standard InChI is InChI=1S/C22H22F2N4O4/c1-11(2)31-13-6-4-12(5-7-13)21-27-28-22(32-21)26-19-15(10-25-20(19)29)18-16(23)8-14(30-3)9-17(18)24/h4-9,11,15,19H,10H2,1-3H3,(H,25,29)(H,26,28)/t15-,19-/m0/s1. The highest BCUT2D eigenvalue weighted by Crippen LogP contribution is 2.33. The van der Waals surface area contributed by atoms with Gasteiger partial charge in [0.1, 0.15) is 29.2 Å². The summed E-state index contributed by atoms with van der Waals surface area (Å²) in [6.45, 7) is 3.91. The molecular weight excluding hydrogens is 422 g/mol. The zero-order valence-electron chi connectivity index (χ0n) is 17.7. The number of methoxy groups -OCH3 is 1. The molecule has 2 aromatic carbocycles. The molecule has 1 amide bonds. The molecular formula is C22H22F2N4O4. The van der Waals surface area contributed by atoms with Gasteiger partial charge in [-0.15, -0.1) is 5.10 Å². The Hall–Kier alpha value is -3.69. The highest BCUT2D eigenvalue weighted by Gasteiger charge is 2.40. The van der Waals surface area contributed by atoms with E-state index in [1.54, 1.807) is 24.3 Å². The number of rotatable bonds is 7. The number of hydrogen-bond donors (Lipinski definition) is 2. The molecule has 3 aromatic rings. The number of hydrogen-bond acceptors (Lipinski definition) is 7. The van der Waals surface area contributed by atoms with Crippen LogP contribution in [0, 0.1) is 11.6 Å². The highest BCUT2D eigenvalue weighted by atomic mass is 19.1. The van der Waals surface area contributed by atoms with E-state index in [-0.39, 0.29) is 35.9 Å². The molecule has 0 radical (unpaired) electrons. The van der Waals surface area contributed by atoms with E-state index in [9.17, 15) is 13.6 Å². The fourth-order valence-corrected chi connectivity index (χ4v) is 3.57. The van der Waals surface area contributed by atoms with Crippen LogP contribution in [-0.2, 0) is 4.79 Å². The predicted octanol–water partition coefficient (Wildman–Crippen LogP) is 3.50. The molecule has 0 bridgehead atoms. The summed E-state index contributed by atoms with van der Waals surface area (Å²) in [7, 11) is 1.32. The summed E-state index contributed by atoms with van der Waals surface area (Å²) in [6.07, 6.45) is 0.0472. The third-order valence-corrected chi connectivity index (χ3v) is 5.02. The summed E-state index contributed by atoms with van der Waals surface area (Å²) >= 11 is 0. The average molecular weight is 444 g/mol. The molecule has 2 heterocycles. The SMILES string of the molecule is COc1cc(F)c([C@@H]2CNC(=O)[C@H]2Nc2nnc(-c3ccc(OC(C)C)cc3)o2)c(F)c1. The van der Waals surface area contributed by atoms with Crippen LogP contribution in [0.25, 0.3) is 11.5 Å². The number of aromatic nitrogens is 2. The van der Waals surface area contributed by atoms with Crippen LogP contribution in [0.4, 0.5) is 14.8 Å². The second-order valence-corrected chi connectivity index (χ2v) is 7.58. The van der Waals surface area contributed by atoms with Crippen LogP contribution in [0.3, 0.4) is 0 Å². The van der Waals surface area contributed by atoms with Crippen molar-refractivity contribution in [3.05, 3.63) is 53.6 Å². The predicted molar refractivity (Wildman–Crippen MR) is 112 cm³/mol. The number of carbonyl (C=O) groups excluding carboxylic acids is 1. The normalized spacial score (nSPS) is 18.0. The van der Waals surface area contributed by atoms with E-state index in [1.165, 1.54) is 7.11 Å². The molecule has 4 rings (SSSR count). The van der Waals surface area contributed by atoms with Crippen LogP contribution in [0.2, 0.25) is 0 Å². The van der Waals surface area contributed by atoms with Gasteiger partial charge >= 0.3 is 6.01 Å². The van der Waals surface area contributed by atoms with Gasteiger partial charge in [0.05, 0.1) is 13.2 Å². The first kappa shape index (κ1) is 21.5. The minimum atomic E-state index is -0.998. The van der Waals surface area contributed by atoms with Crippen molar-refractivity contribution in [3.8, 4) is 23.0 Å². The first-order chi connectivity index (χ1) is 15.4. The zero-order chi connectivity index (χ0) is 22.8. The van der Waals surface area contributed by atoms with Gasteiger partial charge in [-0.3, -0.25) is 4.79 Å². The number of nitrogens with one attached hydrogen (secondary N) is 2. The minimum Gasteiger partial charge on any atom is -0.497 e. The van der Waals surface area contributed by atoms with Crippen molar-refractivity contribution in [2.45, 2.75) is 31.9 Å². The summed E-state index contributed by atoms with van der Waals surface area (Å²) in [5.41, 5.74) is 0.434. The molecule has 2 atom stereocenters. The molecule has 0 spiro atoms. The van der Waals surface area contributed by atoms with Gasteiger partial charge in [0, 0.05) is 35.7 Å². The van der Waals surface area contributed by atoms with E-state index >= 15 is 0 Å². The molecule has 1 aliphatic rings. The van der Waals surface area contributed by atoms with Gasteiger partial charge in [0.2, 0.25) is 11.8 Å². The van der Waals surface area contributed by atoms with Crippen molar-refractivity contribution in [2.24, 2.45) is 0 Å². The molecule has 32 heavy (non-hydrogen) atoms. The van der Waals surface area contributed by atoms with E-state index < -0.39 is 29.5 Å². The maximum absolute atomic E-state index is 14.6. The smallest absolute Gasteiger partial charge is 0.316 e. The molecule has 0 aliphatic carbocycles. The van der Waals surface area contributed by atoms with Crippen molar-refractivity contribution in [2.75, 3.05) is 19.0 Å². The van der Waals surface area contributed by atoms with E-state index in [1.807, 2.05) is 13.8 Å². The van der Waals surface area contributed by atoms with Crippen molar-refractivity contribution in [1.29, 1.82) is 0 Å². The maximum atomic E-state index is 14.6. The highest BCUT2D eigenvalue weighted by molar-refractivity contribution is 5.88. The number of amides is 1. The number of ether oxygens (including phenoxy) is 2. The monoisotopic (exact) mass is 444 g/mol. The van der Waals surface area contributed by atoms with Crippen LogP contribution < -0.4 is 20.1 Å². The lowest BCUT2D eigenvalue weighted by Gasteiger charge is -2.19. The lowest BCUT2D eigenvalue weighted by molar-refractivity contribution is -0.119. The van der Waals surface area contributed by atoms with Gasteiger partial charge in [0.25, 0.3) is 0 Å². The van der Waals surface area contributed by atoms with Crippen molar-refractivity contribution >= 4 is 11.9 Å². The maximum Gasteiger partial charge on any atom is 0.316 e. The van der Waals surface area contributed by atoms with E-state index in [4.69, 9.17) is 13.9 Å². The number of halogens is 2. The van der Waals surface area contributed by atoms with Crippen molar-refractivity contribution in [3.63, 3.8) is 0 Å². The molecule has 1 aromatic heterocycles. The van der Waals surface area contributed by atoms with Crippen LogP contribution >= 0.6 is 0 Å². The molecule has 8 nitrogen and oxygen atoms in total.